The first kappa shape index (κ1) is 25.5. The maximum Gasteiger partial charge on any atom is 0.234 e. The summed E-state index contributed by atoms with van der Waals surface area (Å²) in [6, 6.07) is 16.1. The number of piperidine rings is 1. The second-order valence-electron chi connectivity index (χ2n) is 10.3. The molecule has 1 saturated heterocycles. The normalized spacial score (nSPS) is 17.7. The number of nitrogens with zero attached hydrogens (tertiary/aromatic N) is 3. The van der Waals surface area contributed by atoms with E-state index in [9.17, 15) is 4.79 Å². The van der Waals surface area contributed by atoms with Crippen LogP contribution >= 0.6 is 11.8 Å². The number of aliphatic imine (C=N–C) groups is 2. The minimum Gasteiger partial charge on any atom is -0.494 e. The van der Waals surface area contributed by atoms with Crippen LogP contribution in [0.4, 0.5) is 5.69 Å². The van der Waals surface area contributed by atoms with Crippen molar-refractivity contribution < 1.29 is 9.53 Å². The largest absolute Gasteiger partial charge is 0.494 e. The monoisotopic (exact) mass is 492 g/mol. The number of nitrogens with one attached hydrogen (secondary N) is 1. The quantitative estimate of drug-likeness (QED) is 0.588. The maximum atomic E-state index is 12.7. The van der Waals surface area contributed by atoms with Gasteiger partial charge >= 0.3 is 0 Å². The Morgan fingerprint density at radius 1 is 1.06 bits per heavy atom. The van der Waals surface area contributed by atoms with E-state index in [4.69, 9.17) is 14.7 Å². The summed E-state index contributed by atoms with van der Waals surface area (Å²) in [5.74, 6) is 1.01. The Morgan fingerprint density at radius 2 is 1.71 bits per heavy atom. The highest BCUT2D eigenvalue weighted by Gasteiger charge is 2.39. The highest BCUT2D eigenvalue weighted by molar-refractivity contribution is 8.16. The van der Waals surface area contributed by atoms with Crippen molar-refractivity contribution in [2.75, 3.05) is 37.8 Å². The lowest BCUT2D eigenvalue weighted by atomic mass is 9.86. The highest BCUT2D eigenvalue weighted by atomic mass is 32.2. The van der Waals surface area contributed by atoms with Gasteiger partial charge < -0.3 is 15.0 Å². The van der Waals surface area contributed by atoms with E-state index in [1.165, 1.54) is 17.3 Å². The van der Waals surface area contributed by atoms with Gasteiger partial charge in [-0.1, -0.05) is 56.8 Å². The zero-order valence-corrected chi connectivity index (χ0v) is 22.2. The first-order valence-electron chi connectivity index (χ1n) is 12.3. The van der Waals surface area contributed by atoms with E-state index in [0.717, 1.165) is 53.7 Å². The van der Waals surface area contributed by atoms with E-state index >= 15 is 0 Å². The van der Waals surface area contributed by atoms with Crippen LogP contribution in [0.3, 0.4) is 0 Å². The van der Waals surface area contributed by atoms with Crippen LogP contribution in [0.25, 0.3) is 0 Å². The minimum absolute atomic E-state index is 0.0615. The van der Waals surface area contributed by atoms with Crippen molar-refractivity contribution in [2.24, 2.45) is 9.98 Å². The molecule has 1 fully saturated rings. The predicted molar refractivity (Wildman–Crippen MR) is 147 cm³/mol. The van der Waals surface area contributed by atoms with E-state index in [2.05, 4.69) is 62.3 Å². The molecule has 0 aromatic heterocycles. The molecule has 186 valence electrons. The molecule has 7 heteroatoms. The lowest BCUT2D eigenvalue weighted by Crippen LogP contribution is -2.39. The van der Waals surface area contributed by atoms with E-state index < -0.39 is 5.66 Å². The van der Waals surface area contributed by atoms with Gasteiger partial charge in [0.05, 0.1) is 18.1 Å². The fourth-order valence-corrected chi connectivity index (χ4v) is 5.15. The number of carbonyl (C=O) groups excluding carboxylic acids is 1. The fourth-order valence-electron chi connectivity index (χ4n) is 4.27. The molecule has 0 atom stereocenters. The summed E-state index contributed by atoms with van der Waals surface area (Å²) >= 11 is 1.47. The number of benzene rings is 2. The number of thioether (sulfide) groups is 1. The number of hydrogen-bond donors (Lipinski definition) is 1. The number of rotatable bonds is 6. The van der Waals surface area contributed by atoms with Crippen molar-refractivity contribution in [3.8, 4) is 5.75 Å². The topological polar surface area (TPSA) is 66.3 Å². The summed E-state index contributed by atoms with van der Waals surface area (Å²) < 4.78 is 5.47. The average molecular weight is 493 g/mol. The van der Waals surface area contributed by atoms with Crippen LogP contribution in [-0.4, -0.2) is 59.7 Å². The molecule has 0 aliphatic carbocycles. The average Bonchev–Trinajstić information content (AvgIpc) is 3.19. The van der Waals surface area contributed by atoms with E-state index in [0.29, 0.717) is 6.61 Å². The minimum atomic E-state index is -0.404. The Kier molecular flexibility index (Phi) is 7.67. The van der Waals surface area contributed by atoms with Gasteiger partial charge in [-0.3, -0.25) is 9.79 Å². The number of anilines is 1. The van der Waals surface area contributed by atoms with Crippen LogP contribution in [0, 0.1) is 0 Å². The Bertz CT molecular complexity index is 1090. The Labute approximate surface area is 213 Å². The number of ether oxygens (including phenoxy) is 1. The molecule has 1 N–H and O–H groups in total. The first-order chi connectivity index (χ1) is 16.7. The fraction of sp³-hybridized carbons (Fsp3) is 0.464. The van der Waals surface area contributed by atoms with Gasteiger partial charge in [-0.25, -0.2) is 4.99 Å². The molecule has 2 aliphatic heterocycles. The number of amides is 1. The third-order valence-electron chi connectivity index (χ3n) is 6.43. The highest BCUT2D eigenvalue weighted by Crippen LogP contribution is 2.35. The summed E-state index contributed by atoms with van der Waals surface area (Å²) in [5.41, 5.74) is 3.70. The van der Waals surface area contributed by atoms with Crippen molar-refractivity contribution in [1.82, 2.24) is 4.90 Å². The SMILES string of the molecule is CCOc1ccc(NC(=O)CSC2=NC3(CCN(C)CC3)N=C2c2ccc(C(C)(C)C)cc2)cc1. The first-order valence-corrected chi connectivity index (χ1v) is 13.3. The van der Waals surface area contributed by atoms with Crippen LogP contribution in [0.1, 0.15) is 51.7 Å². The molecule has 2 aromatic rings. The van der Waals surface area contributed by atoms with Crippen LogP contribution in [0.2, 0.25) is 0 Å². The molecule has 0 radical (unpaired) electrons. The molecule has 35 heavy (non-hydrogen) atoms. The molecule has 0 unspecified atom stereocenters. The van der Waals surface area contributed by atoms with Gasteiger partial charge in [0, 0.05) is 37.2 Å². The van der Waals surface area contributed by atoms with Crippen LogP contribution < -0.4 is 10.1 Å². The van der Waals surface area contributed by atoms with Gasteiger partial charge in [-0.2, -0.15) is 0 Å². The van der Waals surface area contributed by atoms with Crippen molar-refractivity contribution in [3.63, 3.8) is 0 Å². The zero-order chi connectivity index (χ0) is 25.1. The van der Waals surface area contributed by atoms with Gasteiger partial charge in [-0.15, -0.1) is 0 Å². The smallest absolute Gasteiger partial charge is 0.234 e. The summed E-state index contributed by atoms with van der Waals surface area (Å²) in [4.78, 5) is 25.3. The Hall–Kier alpha value is -2.64. The molecule has 4 rings (SSSR count). The van der Waals surface area contributed by atoms with Crippen molar-refractivity contribution >= 4 is 34.1 Å². The molecule has 2 heterocycles. The van der Waals surface area contributed by atoms with E-state index in [1.807, 2.05) is 31.2 Å². The maximum absolute atomic E-state index is 12.7. The molecule has 2 aromatic carbocycles. The van der Waals surface area contributed by atoms with Gasteiger partial charge in [0.15, 0.2) is 5.66 Å². The predicted octanol–water partition coefficient (Wildman–Crippen LogP) is 5.38. The molecule has 2 aliphatic rings. The Morgan fingerprint density at radius 3 is 2.31 bits per heavy atom. The van der Waals surface area contributed by atoms with Gasteiger partial charge in [-0.05, 0) is 49.2 Å². The van der Waals surface area contributed by atoms with Gasteiger partial charge in [0.2, 0.25) is 5.91 Å². The van der Waals surface area contributed by atoms with E-state index in [1.54, 1.807) is 0 Å². The molecule has 1 spiro atoms. The molecule has 1 amide bonds. The summed E-state index contributed by atoms with van der Waals surface area (Å²) in [6.07, 6.45) is 1.80. The molecular formula is C28H36N4O2S. The van der Waals surface area contributed by atoms with Gasteiger partial charge in [0.25, 0.3) is 0 Å². The standard InChI is InChI=1S/C28H36N4O2S/c1-6-34-23-13-11-22(12-14-23)29-24(33)19-35-26-25(20-7-9-21(10-8-20)27(2,3)4)30-28(31-26)15-17-32(5)18-16-28/h7-14H,6,15-19H2,1-5H3,(H,29,33). The van der Waals surface area contributed by atoms with Crippen molar-refractivity contribution in [1.29, 1.82) is 0 Å². The summed E-state index contributed by atoms with van der Waals surface area (Å²) in [6.45, 7) is 11.2. The van der Waals surface area contributed by atoms with Crippen LogP contribution in [0.5, 0.6) is 5.75 Å². The van der Waals surface area contributed by atoms with Crippen molar-refractivity contribution in [2.45, 2.75) is 51.6 Å². The second kappa shape index (κ2) is 10.5. The lowest BCUT2D eigenvalue weighted by Gasteiger charge is -2.33. The third kappa shape index (κ3) is 6.33. The molecule has 6 nitrogen and oxygen atoms in total. The number of hydrogen-bond acceptors (Lipinski definition) is 6. The third-order valence-corrected chi connectivity index (χ3v) is 7.40. The van der Waals surface area contributed by atoms with E-state index in [-0.39, 0.29) is 17.1 Å². The summed E-state index contributed by atoms with van der Waals surface area (Å²) in [7, 11) is 2.14. The molecule has 0 saturated carbocycles. The van der Waals surface area contributed by atoms with Crippen molar-refractivity contribution in [3.05, 3.63) is 59.7 Å². The van der Waals surface area contributed by atoms with Gasteiger partial charge in [0.1, 0.15) is 10.8 Å². The summed E-state index contributed by atoms with van der Waals surface area (Å²) in [5, 5.41) is 3.83. The lowest BCUT2D eigenvalue weighted by molar-refractivity contribution is -0.113. The Balaban J connectivity index is 1.48. The van der Waals surface area contributed by atoms with Crippen LogP contribution in [0.15, 0.2) is 58.5 Å². The molecular weight excluding hydrogens is 456 g/mol. The number of carbonyl (C=O) groups is 1. The zero-order valence-electron chi connectivity index (χ0n) is 21.4. The van der Waals surface area contributed by atoms with Crippen LogP contribution in [-0.2, 0) is 10.2 Å². The number of likely N-dealkylation sites (tertiary alicyclic amines) is 1. The second-order valence-corrected chi connectivity index (χ2v) is 11.2. The molecule has 0 bridgehead atoms.